The Morgan fingerprint density at radius 2 is 1.88 bits per heavy atom. The van der Waals surface area contributed by atoms with Gasteiger partial charge in [0.15, 0.2) is 0 Å². The van der Waals surface area contributed by atoms with Crippen LogP contribution in [0, 0.1) is 11.8 Å². The van der Waals surface area contributed by atoms with E-state index < -0.39 is 5.97 Å². The summed E-state index contributed by atoms with van der Waals surface area (Å²) in [5.41, 5.74) is 2.81. The quantitative estimate of drug-likeness (QED) is 0.593. The Labute approximate surface area is 157 Å². The van der Waals surface area contributed by atoms with Crippen LogP contribution in [0.1, 0.15) is 70.3 Å². The fraction of sp³-hybridized carbons (Fsp3) is 0.609. The van der Waals surface area contributed by atoms with Crippen molar-refractivity contribution < 1.29 is 9.90 Å². The van der Waals surface area contributed by atoms with Crippen molar-refractivity contribution in [2.45, 2.75) is 76.8 Å². The smallest absolute Gasteiger partial charge is 0.303 e. The molecule has 3 nitrogen and oxygen atoms in total. The predicted octanol–water partition coefficient (Wildman–Crippen LogP) is 5.27. The normalized spacial score (nSPS) is 28.7. The molecule has 0 saturated heterocycles. The minimum Gasteiger partial charge on any atom is -0.481 e. The van der Waals surface area contributed by atoms with E-state index in [0.717, 1.165) is 18.8 Å². The van der Waals surface area contributed by atoms with Crippen molar-refractivity contribution in [3.63, 3.8) is 0 Å². The van der Waals surface area contributed by atoms with Crippen LogP contribution in [0.4, 0.5) is 0 Å². The average molecular weight is 356 g/mol. The van der Waals surface area contributed by atoms with Gasteiger partial charge in [-0.05, 0) is 62.8 Å². The highest BCUT2D eigenvalue weighted by Crippen LogP contribution is 2.39. The first-order valence-corrected chi connectivity index (χ1v) is 10.3. The van der Waals surface area contributed by atoms with Crippen LogP contribution < -0.4 is 5.32 Å². The van der Waals surface area contributed by atoms with E-state index in [1.165, 1.54) is 49.7 Å². The van der Waals surface area contributed by atoms with Crippen LogP contribution >= 0.6 is 0 Å². The first-order valence-electron chi connectivity index (χ1n) is 10.3. The van der Waals surface area contributed by atoms with Crippen molar-refractivity contribution in [3.8, 4) is 0 Å². The lowest BCUT2D eigenvalue weighted by atomic mass is 9.83. The molecule has 2 atom stereocenters. The highest BCUT2D eigenvalue weighted by molar-refractivity contribution is 5.66. The molecule has 0 spiro atoms. The summed E-state index contributed by atoms with van der Waals surface area (Å²) in [5, 5.41) is 12.6. The zero-order chi connectivity index (χ0) is 18.4. The summed E-state index contributed by atoms with van der Waals surface area (Å²) in [6, 6.07) is 12.0. The zero-order valence-electron chi connectivity index (χ0n) is 16.0. The van der Waals surface area contributed by atoms with E-state index in [1.54, 1.807) is 0 Å². The van der Waals surface area contributed by atoms with Crippen molar-refractivity contribution in [1.29, 1.82) is 0 Å². The molecule has 142 valence electrons. The molecule has 0 radical (unpaired) electrons. The predicted molar refractivity (Wildman–Crippen MR) is 107 cm³/mol. The molecule has 1 aromatic rings. The number of nitrogens with one attached hydrogen (secondary N) is 1. The molecule has 2 aliphatic carbocycles. The molecule has 0 bridgehead atoms. The molecule has 1 aromatic carbocycles. The highest BCUT2D eigenvalue weighted by atomic mass is 16.4. The molecule has 0 heterocycles. The number of carbonyl (C=O) groups is 1. The summed E-state index contributed by atoms with van der Waals surface area (Å²) < 4.78 is 0. The fourth-order valence-electron chi connectivity index (χ4n) is 4.43. The highest BCUT2D eigenvalue weighted by Gasteiger charge is 2.39. The molecule has 3 heteroatoms. The summed E-state index contributed by atoms with van der Waals surface area (Å²) in [5.74, 6) is 0.869. The van der Waals surface area contributed by atoms with Gasteiger partial charge >= 0.3 is 5.97 Å². The van der Waals surface area contributed by atoms with E-state index in [2.05, 4.69) is 48.6 Å². The summed E-state index contributed by atoms with van der Waals surface area (Å²) in [4.78, 5) is 10.6. The minimum absolute atomic E-state index is 0.329. The maximum atomic E-state index is 10.6. The van der Waals surface area contributed by atoms with Crippen LogP contribution in [0.15, 0.2) is 35.9 Å². The van der Waals surface area contributed by atoms with Gasteiger partial charge in [0.1, 0.15) is 0 Å². The van der Waals surface area contributed by atoms with Crippen molar-refractivity contribution in [1.82, 2.24) is 5.32 Å². The molecule has 2 unspecified atom stereocenters. The van der Waals surface area contributed by atoms with Gasteiger partial charge in [-0.2, -0.15) is 0 Å². The van der Waals surface area contributed by atoms with Gasteiger partial charge in [-0.25, -0.2) is 0 Å². The Bertz CT molecular complexity index is 602. The standard InChI is InChI=1S/C23H33NO2/c1-17(15-19-8-3-2-4-9-19)21-16-22(21)24-20-13-11-18(12-14-20)7-5-6-10-23(25)26/h2-4,8-9,15,18,20-22,24H,5-7,10-14,16H2,1H3,(H,25,26)/b17-15+. The van der Waals surface area contributed by atoms with E-state index in [1.807, 2.05) is 0 Å². The van der Waals surface area contributed by atoms with Crippen LogP contribution in [0.3, 0.4) is 0 Å². The van der Waals surface area contributed by atoms with Crippen molar-refractivity contribution in [2.24, 2.45) is 11.8 Å². The van der Waals surface area contributed by atoms with Crippen molar-refractivity contribution in [2.75, 3.05) is 0 Å². The Morgan fingerprint density at radius 1 is 1.15 bits per heavy atom. The molecule has 2 N–H and O–H groups in total. The number of hydrogen-bond donors (Lipinski definition) is 2. The third-order valence-corrected chi connectivity index (χ3v) is 6.12. The van der Waals surface area contributed by atoms with Crippen molar-refractivity contribution in [3.05, 3.63) is 41.5 Å². The monoisotopic (exact) mass is 355 g/mol. The summed E-state index contributed by atoms with van der Waals surface area (Å²) in [7, 11) is 0. The number of unbranched alkanes of at least 4 members (excludes halogenated alkanes) is 1. The Kier molecular flexibility index (Phi) is 6.90. The van der Waals surface area contributed by atoms with E-state index in [0.29, 0.717) is 24.4 Å². The van der Waals surface area contributed by atoms with E-state index >= 15 is 0 Å². The van der Waals surface area contributed by atoms with Gasteiger partial charge in [0.05, 0.1) is 0 Å². The molecule has 3 rings (SSSR count). The summed E-state index contributed by atoms with van der Waals surface area (Å²) in [6.45, 7) is 2.27. The third-order valence-electron chi connectivity index (χ3n) is 6.12. The topological polar surface area (TPSA) is 49.3 Å². The second kappa shape index (κ2) is 9.36. The van der Waals surface area contributed by atoms with Gasteiger partial charge in [0.25, 0.3) is 0 Å². The maximum absolute atomic E-state index is 10.6. The Balaban J connectivity index is 1.33. The number of carboxylic acids is 1. The molecule has 2 saturated carbocycles. The number of hydrogen-bond acceptors (Lipinski definition) is 2. The van der Waals surface area contributed by atoms with Crippen LogP contribution in [0.25, 0.3) is 6.08 Å². The molecule has 0 aliphatic heterocycles. The lowest BCUT2D eigenvalue weighted by Gasteiger charge is -2.29. The van der Waals surface area contributed by atoms with Crippen molar-refractivity contribution >= 4 is 12.0 Å². The summed E-state index contributed by atoms with van der Waals surface area (Å²) >= 11 is 0. The van der Waals surface area contributed by atoms with Crippen LogP contribution in [0.2, 0.25) is 0 Å². The number of benzene rings is 1. The van der Waals surface area contributed by atoms with Gasteiger partial charge < -0.3 is 10.4 Å². The second-order valence-corrected chi connectivity index (χ2v) is 8.27. The van der Waals surface area contributed by atoms with E-state index in [-0.39, 0.29) is 0 Å². The van der Waals surface area contributed by atoms with Gasteiger partial charge in [0, 0.05) is 18.5 Å². The second-order valence-electron chi connectivity index (χ2n) is 8.27. The first kappa shape index (κ1) is 19.2. The largest absolute Gasteiger partial charge is 0.481 e. The van der Waals surface area contributed by atoms with Gasteiger partial charge in [-0.1, -0.05) is 54.8 Å². The van der Waals surface area contributed by atoms with Gasteiger partial charge in [-0.15, -0.1) is 0 Å². The van der Waals surface area contributed by atoms with E-state index in [9.17, 15) is 4.79 Å². The van der Waals surface area contributed by atoms with Crippen LogP contribution in [-0.4, -0.2) is 23.2 Å². The van der Waals surface area contributed by atoms with E-state index in [4.69, 9.17) is 5.11 Å². The van der Waals surface area contributed by atoms with Crippen LogP contribution in [-0.2, 0) is 4.79 Å². The molecular formula is C23H33NO2. The molecule has 26 heavy (non-hydrogen) atoms. The summed E-state index contributed by atoms with van der Waals surface area (Å²) in [6.07, 6.45) is 12.3. The Morgan fingerprint density at radius 3 is 2.58 bits per heavy atom. The molecular weight excluding hydrogens is 322 g/mol. The van der Waals surface area contributed by atoms with Gasteiger partial charge in [-0.3, -0.25) is 4.79 Å². The fourth-order valence-corrected chi connectivity index (χ4v) is 4.43. The maximum Gasteiger partial charge on any atom is 0.303 e. The minimum atomic E-state index is -0.659. The van der Waals surface area contributed by atoms with Gasteiger partial charge in [0.2, 0.25) is 0 Å². The molecule has 0 aromatic heterocycles. The zero-order valence-corrected chi connectivity index (χ0v) is 16.0. The third kappa shape index (κ3) is 5.98. The average Bonchev–Trinajstić information content (AvgIpc) is 3.40. The number of aliphatic carboxylic acids is 1. The lowest BCUT2D eigenvalue weighted by Crippen LogP contribution is -2.35. The molecule has 2 fully saturated rings. The Hall–Kier alpha value is -1.61. The molecule has 2 aliphatic rings. The SMILES string of the molecule is C/C(=C\c1ccccc1)C1CC1NC1CCC(CCCCC(=O)O)CC1. The van der Waals surface area contributed by atoms with Crippen LogP contribution in [0.5, 0.6) is 0 Å². The molecule has 0 amide bonds. The first-order chi connectivity index (χ1) is 12.6. The number of rotatable bonds is 9. The number of carboxylic acid groups (broad SMARTS) is 1. The lowest BCUT2D eigenvalue weighted by molar-refractivity contribution is -0.137.